The highest BCUT2D eigenvalue weighted by Crippen LogP contribution is 2.16. The van der Waals surface area contributed by atoms with E-state index in [0.29, 0.717) is 11.1 Å². The molecule has 7 nitrogen and oxygen atoms in total. The lowest BCUT2D eigenvalue weighted by molar-refractivity contribution is 0.0469. The molecule has 152 valence electrons. The molecule has 0 bridgehead atoms. The van der Waals surface area contributed by atoms with Gasteiger partial charge < -0.3 is 13.9 Å². The summed E-state index contributed by atoms with van der Waals surface area (Å²) in [6.45, 7) is 2.57. The second kappa shape index (κ2) is 9.00. The lowest BCUT2D eigenvalue weighted by atomic mass is 10.1. The Morgan fingerprint density at radius 2 is 1.53 bits per heavy atom. The van der Waals surface area contributed by atoms with Crippen LogP contribution in [0.15, 0.2) is 69.9 Å². The van der Waals surface area contributed by atoms with Gasteiger partial charge in [-0.1, -0.05) is 18.2 Å². The van der Waals surface area contributed by atoms with Crippen LogP contribution in [-0.4, -0.2) is 24.3 Å². The largest absolute Gasteiger partial charge is 0.454 e. The van der Waals surface area contributed by atoms with Crippen molar-refractivity contribution in [2.24, 2.45) is 0 Å². The number of carbonyl (C=O) groups excluding carboxylic acids is 3. The van der Waals surface area contributed by atoms with Gasteiger partial charge in [0.05, 0.1) is 5.56 Å². The second-order valence-electron chi connectivity index (χ2n) is 6.46. The van der Waals surface area contributed by atoms with Crippen molar-refractivity contribution in [2.75, 3.05) is 6.61 Å². The zero-order chi connectivity index (χ0) is 21.7. The maximum atomic E-state index is 12.3. The number of ether oxygens (including phenoxy) is 2. The highest BCUT2D eigenvalue weighted by Gasteiger charge is 2.18. The highest BCUT2D eigenvalue weighted by molar-refractivity contribution is 6.00. The molecular formula is C23H18O7. The van der Waals surface area contributed by atoms with E-state index in [1.807, 2.05) is 0 Å². The van der Waals surface area contributed by atoms with Crippen molar-refractivity contribution in [3.8, 4) is 5.75 Å². The lowest BCUT2D eigenvalue weighted by Crippen LogP contribution is -2.17. The lowest BCUT2D eigenvalue weighted by Gasteiger charge is -2.08. The Labute approximate surface area is 171 Å². The summed E-state index contributed by atoms with van der Waals surface area (Å²) in [7, 11) is 0. The van der Waals surface area contributed by atoms with Crippen molar-refractivity contribution in [3.63, 3.8) is 0 Å². The average molecular weight is 406 g/mol. The van der Waals surface area contributed by atoms with Crippen LogP contribution >= 0.6 is 0 Å². The molecule has 0 saturated heterocycles. The molecule has 0 aliphatic heterocycles. The first-order chi connectivity index (χ1) is 14.3. The molecule has 7 heteroatoms. The number of benzene rings is 2. The second-order valence-corrected chi connectivity index (χ2v) is 6.46. The minimum absolute atomic E-state index is 0.116. The maximum absolute atomic E-state index is 12.3. The van der Waals surface area contributed by atoms with Crippen LogP contribution < -0.4 is 10.4 Å². The van der Waals surface area contributed by atoms with Gasteiger partial charge in [-0.2, -0.15) is 0 Å². The van der Waals surface area contributed by atoms with Crippen molar-refractivity contribution in [3.05, 3.63) is 99.1 Å². The number of carbonyl (C=O) groups is 3. The van der Waals surface area contributed by atoms with E-state index in [0.717, 1.165) is 0 Å². The van der Waals surface area contributed by atoms with Crippen molar-refractivity contribution in [1.29, 1.82) is 0 Å². The third-order valence-corrected chi connectivity index (χ3v) is 4.27. The molecule has 0 radical (unpaired) electrons. The van der Waals surface area contributed by atoms with Crippen LogP contribution in [0.3, 0.4) is 0 Å². The van der Waals surface area contributed by atoms with Gasteiger partial charge in [-0.15, -0.1) is 0 Å². The number of ketones is 1. The molecule has 0 aliphatic rings. The molecule has 2 aromatic carbocycles. The van der Waals surface area contributed by atoms with Gasteiger partial charge in [0.2, 0.25) is 0 Å². The number of hydrogen-bond acceptors (Lipinski definition) is 7. The summed E-state index contributed by atoms with van der Waals surface area (Å²) < 4.78 is 15.2. The fourth-order valence-corrected chi connectivity index (χ4v) is 2.80. The monoisotopic (exact) mass is 406 g/mol. The average Bonchev–Trinajstić information content (AvgIpc) is 2.72. The summed E-state index contributed by atoms with van der Waals surface area (Å²) in [6.07, 6.45) is 0. The normalized spacial score (nSPS) is 10.3. The van der Waals surface area contributed by atoms with E-state index in [9.17, 15) is 19.2 Å². The molecule has 0 aliphatic carbocycles. The predicted molar refractivity (Wildman–Crippen MR) is 107 cm³/mol. The Morgan fingerprint density at radius 1 is 0.867 bits per heavy atom. The van der Waals surface area contributed by atoms with Crippen LogP contribution in [0.5, 0.6) is 5.75 Å². The molecule has 0 spiro atoms. The minimum Gasteiger partial charge on any atom is -0.454 e. The zero-order valence-electron chi connectivity index (χ0n) is 16.3. The van der Waals surface area contributed by atoms with Gasteiger partial charge in [0, 0.05) is 11.6 Å². The van der Waals surface area contributed by atoms with Crippen LogP contribution in [0.2, 0.25) is 0 Å². The van der Waals surface area contributed by atoms with Crippen LogP contribution in [-0.2, 0) is 4.74 Å². The van der Waals surface area contributed by atoms with E-state index in [2.05, 4.69) is 0 Å². The Balaban J connectivity index is 1.60. The maximum Gasteiger partial charge on any atom is 0.343 e. The van der Waals surface area contributed by atoms with Gasteiger partial charge in [-0.25, -0.2) is 14.4 Å². The molecule has 1 heterocycles. The van der Waals surface area contributed by atoms with E-state index in [1.54, 1.807) is 37.3 Å². The molecule has 0 saturated carbocycles. The van der Waals surface area contributed by atoms with E-state index in [-0.39, 0.29) is 22.6 Å². The molecule has 0 fully saturated rings. The first-order valence-electron chi connectivity index (χ1n) is 9.04. The van der Waals surface area contributed by atoms with Crippen molar-refractivity contribution >= 4 is 17.7 Å². The predicted octanol–water partition coefficient (Wildman–Crippen LogP) is 3.52. The zero-order valence-corrected chi connectivity index (χ0v) is 16.3. The molecule has 3 rings (SSSR count). The molecular weight excluding hydrogens is 388 g/mol. The smallest absolute Gasteiger partial charge is 0.343 e. The van der Waals surface area contributed by atoms with Gasteiger partial charge in [0.1, 0.15) is 17.1 Å². The Hall–Kier alpha value is -4.00. The quantitative estimate of drug-likeness (QED) is 0.351. The van der Waals surface area contributed by atoms with Crippen molar-refractivity contribution in [1.82, 2.24) is 0 Å². The first kappa shape index (κ1) is 20.7. The first-order valence-corrected chi connectivity index (χ1v) is 9.04. The van der Waals surface area contributed by atoms with Gasteiger partial charge in [0.25, 0.3) is 0 Å². The molecule has 3 aromatic rings. The topological polar surface area (TPSA) is 99.9 Å². The van der Waals surface area contributed by atoms with Gasteiger partial charge in [0.15, 0.2) is 12.4 Å². The van der Waals surface area contributed by atoms with E-state index in [4.69, 9.17) is 13.9 Å². The summed E-state index contributed by atoms with van der Waals surface area (Å²) in [5.74, 6) is -1.29. The molecule has 0 N–H and O–H groups in total. The minimum atomic E-state index is -0.754. The Kier molecular flexibility index (Phi) is 6.22. The van der Waals surface area contributed by atoms with E-state index < -0.39 is 30.0 Å². The Morgan fingerprint density at radius 3 is 2.17 bits per heavy atom. The number of Topliss-reactive ketones (excluding diaryl/α,β-unsaturated/α-hetero) is 1. The molecule has 1 aromatic heterocycles. The molecule has 0 atom stereocenters. The number of esters is 2. The summed E-state index contributed by atoms with van der Waals surface area (Å²) in [5, 5.41) is 0. The fraction of sp³-hybridized carbons (Fsp3) is 0.130. The molecule has 30 heavy (non-hydrogen) atoms. The summed E-state index contributed by atoms with van der Waals surface area (Å²) in [5.41, 5.74) is 0.657. The third kappa shape index (κ3) is 4.88. The Bertz CT molecular complexity index is 1120. The summed E-state index contributed by atoms with van der Waals surface area (Å²) in [6, 6.07) is 15.6. The van der Waals surface area contributed by atoms with Gasteiger partial charge in [-0.3, -0.25) is 4.79 Å². The van der Waals surface area contributed by atoms with Crippen LogP contribution in [0.25, 0.3) is 0 Å². The third-order valence-electron chi connectivity index (χ3n) is 4.27. The van der Waals surface area contributed by atoms with E-state index >= 15 is 0 Å². The number of aryl methyl sites for hydroxylation is 2. The van der Waals surface area contributed by atoms with Crippen molar-refractivity contribution in [2.45, 2.75) is 13.8 Å². The number of hydrogen-bond donors (Lipinski definition) is 0. The molecule has 0 unspecified atom stereocenters. The van der Waals surface area contributed by atoms with Crippen LogP contribution in [0.1, 0.15) is 42.4 Å². The molecule has 0 amide bonds. The van der Waals surface area contributed by atoms with Gasteiger partial charge in [-0.05, 0) is 55.8 Å². The highest BCUT2D eigenvalue weighted by atomic mass is 16.5. The fourth-order valence-electron chi connectivity index (χ4n) is 2.80. The van der Waals surface area contributed by atoms with Crippen LogP contribution in [0, 0.1) is 13.8 Å². The summed E-state index contributed by atoms with van der Waals surface area (Å²) in [4.78, 5) is 47.9. The SMILES string of the molecule is Cc1cc(=O)oc(C)c1C(=O)OCC(=O)c1ccc(OC(=O)c2ccccc2)cc1. The van der Waals surface area contributed by atoms with Gasteiger partial charge >= 0.3 is 17.6 Å². The number of rotatable bonds is 6. The van der Waals surface area contributed by atoms with E-state index in [1.165, 1.54) is 37.3 Å². The van der Waals surface area contributed by atoms with Crippen molar-refractivity contribution < 1.29 is 28.3 Å². The summed E-state index contributed by atoms with van der Waals surface area (Å²) >= 11 is 0. The van der Waals surface area contributed by atoms with Crippen LogP contribution in [0.4, 0.5) is 0 Å². The standard InChI is InChI=1S/C23H18O7/c1-14-12-20(25)29-15(2)21(14)23(27)28-13-19(24)16-8-10-18(11-9-16)30-22(26)17-6-4-3-5-7-17/h3-12H,13H2,1-2H3.